The number of aryl methyl sites for hydroxylation is 1. The van der Waals surface area contributed by atoms with Crippen LogP contribution in [0.4, 0.5) is 11.5 Å². The van der Waals surface area contributed by atoms with E-state index in [4.69, 9.17) is 0 Å². The number of benzene rings is 1. The lowest BCUT2D eigenvalue weighted by Crippen LogP contribution is -2.10. The van der Waals surface area contributed by atoms with Crippen molar-refractivity contribution in [3.05, 3.63) is 36.3 Å². The highest BCUT2D eigenvalue weighted by atomic mass is 31.2. The molecule has 2 N–H and O–H groups in total. The molecule has 1 aromatic heterocycles. The van der Waals surface area contributed by atoms with Gasteiger partial charge in [-0.15, -0.1) is 0 Å². The molecule has 0 aliphatic heterocycles. The average Bonchev–Trinajstić information content (AvgIpc) is 2.33. The summed E-state index contributed by atoms with van der Waals surface area (Å²) in [6.07, 6.45) is 1.34. The lowest BCUT2D eigenvalue weighted by Gasteiger charge is -2.15. The number of anilines is 2. The number of hydrogen-bond acceptors (Lipinski definition) is 5. The van der Waals surface area contributed by atoms with E-state index in [9.17, 15) is 9.67 Å². The maximum absolute atomic E-state index is 12.2. The first-order valence-corrected chi connectivity index (χ1v) is 8.42. The normalized spacial score (nSPS) is 11.3. The minimum absolute atomic E-state index is 0.0394. The fourth-order valence-electron chi connectivity index (χ4n) is 1.73. The quantitative estimate of drug-likeness (QED) is 0.843. The van der Waals surface area contributed by atoms with Crippen molar-refractivity contribution in [2.45, 2.75) is 6.92 Å². The molecule has 2 rings (SSSR count). The van der Waals surface area contributed by atoms with Crippen LogP contribution in [0.2, 0.25) is 0 Å². The van der Waals surface area contributed by atoms with Crippen LogP contribution in [-0.4, -0.2) is 28.4 Å². The molecule has 19 heavy (non-hydrogen) atoms. The molecule has 0 saturated carbocycles. The molecule has 0 atom stereocenters. The lowest BCUT2D eigenvalue weighted by atomic mass is 10.3. The number of rotatable bonds is 3. The molecule has 5 nitrogen and oxygen atoms in total. The zero-order valence-electron chi connectivity index (χ0n) is 11.1. The molecule has 0 aliphatic rings. The Kier molecular flexibility index (Phi) is 3.58. The highest BCUT2D eigenvalue weighted by molar-refractivity contribution is 7.70. The van der Waals surface area contributed by atoms with Gasteiger partial charge in [-0.05, 0) is 32.4 Å². The third-order valence-corrected chi connectivity index (χ3v) is 4.18. The van der Waals surface area contributed by atoms with Gasteiger partial charge in [0.1, 0.15) is 13.0 Å². The molecule has 0 bridgehead atoms. The van der Waals surface area contributed by atoms with E-state index in [2.05, 4.69) is 15.3 Å². The maximum atomic E-state index is 12.2. The molecule has 0 spiro atoms. The molecule has 1 heterocycles. The fraction of sp³-hybridized carbons (Fsp3) is 0.231. The van der Waals surface area contributed by atoms with E-state index in [0.29, 0.717) is 17.3 Å². The Labute approximate surface area is 112 Å². The Morgan fingerprint density at radius 2 is 1.95 bits per heavy atom. The van der Waals surface area contributed by atoms with Gasteiger partial charge in [-0.3, -0.25) is 0 Å². The first-order chi connectivity index (χ1) is 8.88. The molecule has 100 valence electrons. The Hall–Kier alpha value is -1.87. The van der Waals surface area contributed by atoms with Crippen molar-refractivity contribution in [2.75, 3.05) is 18.6 Å². The van der Waals surface area contributed by atoms with Crippen molar-refractivity contribution in [1.29, 1.82) is 0 Å². The summed E-state index contributed by atoms with van der Waals surface area (Å²) in [7, 11) is -2.41. The molecule has 0 radical (unpaired) electrons. The highest BCUT2D eigenvalue weighted by Crippen LogP contribution is 2.38. The third-order valence-electron chi connectivity index (χ3n) is 2.63. The van der Waals surface area contributed by atoms with Gasteiger partial charge in [-0.1, -0.05) is 12.1 Å². The number of hydrogen-bond donors (Lipinski definition) is 2. The van der Waals surface area contributed by atoms with Gasteiger partial charge in [0.15, 0.2) is 11.6 Å². The molecule has 2 aromatic rings. The van der Waals surface area contributed by atoms with E-state index in [-0.39, 0.29) is 5.75 Å². The van der Waals surface area contributed by atoms with Gasteiger partial charge in [-0.2, -0.15) is 0 Å². The van der Waals surface area contributed by atoms with Crippen LogP contribution in [-0.2, 0) is 4.57 Å². The second-order valence-corrected chi connectivity index (χ2v) is 7.83. The predicted octanol–water partition coefficient (Wildman–Crippen LogP) is 2.48. The zero-order valence-corrected chi connectivity index (χ0v) is 12.0. The second kappa shape index (κ2) is 5.02. The monoisotopic (exact) mass is 277 g/mol. The minimum Gasteiger partial charge on any atom is -0.503 e. The molecule has 1 aromatic carbocycles. The Morgan fingerprint density at radius 3 is 2.63 bits per heavy atom. The van der Waals surface area contributed by atoms with Crippen molar-refractivity contribution in [1.82, 2.24) is 9.97 Å². The van der Waals surface area contributed by atoms with Crippen LogP contribution in [0.5, 0.6) is 5.75 Å². The van der Waals surface area contributed by atoms with Crippen molar-refractivity contribution < 1.29 is 9.67 Å². The fourth-order valence-corrected chi connectivity index (χ4v) is 2.89. The van der Waals surface area contributed by atoms with Crippen molar-refractivity contribution in [3.63, 3.8) is 0 Å². The molecule has 0 amide bonds. The summed E-state index contributed by atoms with van der Waals surface area (Å²) in [6.45, 7) is 5.15. The zero-order chi connectivity index (χ0) is 14.0. The summed E-state index contributed by atoms with van der Waals surface area (Å²) in [5.41, 5.74) is 0.684. The lowest BCUT2D eigenvalue weighted by molar-refractivity contribution is 0.472. The van der Waals surface area contributed by atoms with E-state index in [0.717, 1.165) is 5.30 Å². The first kappa shape index (κ1) is 13.6. The van der Waals surface area contributed by atoms with Gasteiger partial charge in [0.25, 0.3) is 0 Å². The van der Waals surface area contributed by atoms with Crippen LogP contribution in [0.25, 0.3) is 0 Å². The molecule has 0 saturated heterocycles. The second-order valence-electron chi connectivity index (χ2n) is 4.64. The predicted molar refractivity (Wildman–Crippen MR) is 77.2 cm³/mol. The number of nitrogens with zero attached hydrogens (tertiary/aromatic N) is 2. The molecule has 0 unspecified atom stereocenters. The smallest absolute Gasteiger partial charge is 0.177 e. The number of para-hydroxylation sites is 1. The molecular formula is C13H16N3O2P. The summed E-state index contributed by atoms with van der Waals surface area (Å²) in [5.74, 6) is 0.824. The van der Waals surface area contributed by atoms with E-state index in [1.54, 1.807) is 20.3 Å². The standard InChI is InChI=1S/C13H16N3O2P/c1-9-14-8-11(17)13(15-9)16-10-6-4-5-7-12(10)19(2,3)18/h4-8,17H,1-3H3,(H,14,15,16). The van der Waals surface area contributed by atoms with Crippen LogP contribution >= 0.6 is 7.14 Å². The van der Waals surface area contributed by atoms with Gasteiger partial charge >= 0.3 is 0 Å². The summed E-state index contributed by atoms with van der Waals surface area (Å²) in [4.78, 5) is 8.03. The Morgan fingerprint density at radius 1 is 1.26 bits per heavy atom. The number of aromatic hydroxyl groups is 1. The van der Waals surface area contributed by atoms with Crippen molar-refractivity contribution in [2.24, 2.45) is 0 Å². The van der Waals surface area contributed by atoms with E-state index >= 15 is 0 Å². The van der Waals surface area contributed by atoms with E-state index in [1.165, 1.54) is 6.20 Å². The van der Waals surface area contributed by atoms with Gasteiger partial charge in [-0.25, -0.2) is 9.97 Å². The van der Waals surface area contributed by atoms with Gasteiger partial charge < -0.3 is 15.0 Å². The van der Waals surface area contributed by atoms with Crippen LogP contribution in [0.3, 0.4) is 0 Å². The van der Waals surface area contributed by atoms with Gasteiger partial charge in [0.05, 0.1) is 11.9 Å². The molecule has 6 heteroatoms. The van der Waals surface area contributed by atoms with Crippen molar-refractivity contribution in [3.8, 4) is 5.75 Å². The van der Waals surface area contributed by atoms with Crippen LogP contribution in [0.1, 0.15) is 5.82 Å². The minimum atomic E-state index is -2.41. The summed E-state index contributed by atoms with van der Waals surface area (Å²) in [5, 5.41) is 13.5. The summed E-state index contributed by atoms with van der Waals surface area (Å²) in [6, 6.07) is 7.30. The van der Waals surface area contributed by atoms with Crippen LogP contribution in [0.15, 0.2) is 30.5 Å². The molecule has 0 aliphatic carbocycles. The Balaban J connectivity index is 2.44. The SMILES string of the molecule is Cc1ncc(O)c(Nc2ccccc2P(C)(C)=O)n1. The van der Waals surface area contributed by atoms with Crippen LogP contribution < -0.4 is 10.6 Å². The maximum Gasteiger partial charge on any atom is 0.177 e. The van der Waals surface area contributed by atoms with Gasteiger partial charge in [0, 0.05) is 5.30 Å². The van der Waals surface area contributed by atoms with E-state index < -0.39 is 7.14 Å². The largest absolute Gasteiger partial charge is 0.503 e. The third kappa shape index (κ3) is 3.12. The highest BCUT2D eigenvalue weighted by Gasteiger charge is 2.16. The van der Waals surface area contributed by atoms with E-state index in [1.807, 2.05) is 24.3 Å². The van der Waals surface area contributed by atoms with Crippen LogP contribution in [0, 0.1) is 6.92 Å². The summed E-state index contributed by atoms with van der Waals surface area (Å²) >= 11 is 0. The number of nitrogens with one attached hydrogen (secondary N) is 1. The average molecular weight is 277 g/mol. The first-order valence-electron chi connectivity index (χ1n) is 5.82. The summed E-state index contributed by atoms with van der Waals surface area (Å²) < 4.78 is 12.2. The number of aromatic nitrogens is 2. The van der Waals surface area contributed by atoms with Gasteiger partial charge in [0.2, 0.25) is 0 Å². The molecule has 0 fully saturated rings. The molecular weight excluding hydrogens is 261 g/mol. The topological polar surface area (TPSA) is 75.1 Å². The Bertz CT molecular complexity index is 652. The van der Waals surface area contributed by atoms with Crippen molar-refractivity contribution >= 4 is 24.0 Å².